The summed E-state index contributed by atoms with van der Waals surface area (Å²) in [7, 11) is 0. The number of carboxylic acids is 1. The number of para-hydroxylation sites is 1. The van der Waals surface area contributed by atoms with Crippen molar-refractivity contribution in [2.45, 2.75) is 30.3 Å². The number of carbonyl (C=O) groups excluding carboxylic acids is 2. The van der Waals surface area contributed by atoms with E-state index in [9.17, 15) is 24.6 Å². The van der Waals surface area contributed by atoms with Crippen LogP contribution in [0.4, 0.5) is 0 Å². The van der Waals surface area contributed by atoms with Crippen LogP contribution in [-0.2, 0) is 20.8 Å². The van der Waals surface area contributed by atoms with E-state index in [1.54, 1.807) is 42.5 Å². The van der Waals surface area contributed by atoms with Gasteiger partial charge in [-0.05, 0) is 17.4 Å². The number of phenolic OH excluding ortho intramolecular Hbond substituents is 1. The highest BCUT2D eigenvalue weighted by atomic mass is 32.2. The van der Waals surface area contributed by atoms with E-state index in [2.05, 4.69) is 17.9 Å². The SMILES string of the molecule is O=C(O)[C@H](Cc1ccccc1)NC(=O)[C@@H]1CS[C@H](c2ccccc2O)N1C(=O)CCS. The van der Waals surface area contributed by atoms with Crippen molar-refractivity contribution in [1.82, 2.24) is 10.2 Å². The first-order valence-electron chi connectivity index (χ1n) is 9.81. The zero-order chi connectivity index (χ0) is 22.4. The van der Waals surface area contributed by atoms with Crippen molar-refractivity contribution in [2.75, 3.05) is 11.5 Å². The Balaban J connectivity index is 1.81. The highest BCUT2D eigenvalue weighted by Gasteiger charge is 2.43. The van der Waals surface area contributed by atoms with Gasteiger partial charge in [-0.25, -0.2) is 4.79 Å². The maximum atomic E-state index is 13.1. The molecular weight excluding hydrogens is 436 g/mol. The quantitative estimate of drug-likeness (QED) is 0.451. The molecule has 1 saturated heterocycles. The number of nitrogens with zero attached hydrogens (tertiary/aromatic N) is 1. The summed E-state index contributed by atoms with van der Waals surface area (Å²) in [4.78, 5) is 39.1. The van der Waals surface area contributed by atoms with Crippen LogP contribution >= 0.6 is 24.4 Å². The second-order valence-corrected chi connectivity index (χ2v) is 8.68. The fraction of sp³-hybridized carbons (Fsp3) is 0.318. The van der Waals surface area contributed by atoms with E-state index in [-0.39, 0.29) is 24.5 Å². The number of carbonyl (C=O) groups is 3. The lowest BCUT2D eigenvalue weighted by Crippen LogP contribution is -2.52. The lowest BCUT2D eigenvalue weighted by atomic mass is 10.1. The van der Waals surface area contributed by atoms with Gasteiger partial charge in [0.1, 0.15) is 23.2 Å². The number of thiol groups is 1. The summed E-state index contributed by atoms with van der Waals surface area (Å²) in [5, 5.41) is 21.9. The molecule has 0 aliphatic carbocycles. The number of nitrogens with one attached hydrogen (secondary N) is 1. The summed E-state index contributed by atoms with van der Waals surface area (Å²) in [6.07, 6.45) is 0.263. The Morgan fingerprint density at radius 1 is 1.13 bits per heavy atom. The molecule has 0 radical (unpaired) electrons. The summed E-state index contributed by atoms with van der Waals surface area (Å²) < 4.78 is 0. The lowest BCUT2D eigenvalue weighted by Gasteiger charge is -2.30. The van der Waals surface area contributed by atoms with Crippen LogP contribution in [-0.4, -0.2) is 56.5 Å². The van der Waals surface area contributed by atoms with Gasteiger partial charge in [-0.2, -0.15) is 12.6 Å². The van der Waals surface area contributed by atoms with Gasteiger partial charge in [0.05, 0.1) is 0 Å². The number of thioether (sulfide) groups is 1. The Labute approximate surface area is 190 Å². The summed E-state index contributed by atoms with van der Waals surface area (Å²) in [6, 6.07) is 13.7. The number of carboxylic acid groups (broad SMARTS) is 1. The van der Waals surface area contributed by atoms with Gasteiger partial charge in [0.2, 0.25) is 11.8 Å². The number of rotatable bonds is 8. The van der Waals surface area contributed by atoms with Crippen molar-refractivity contribution < 1.29 is 24.6 Å². The molecule has 9 heteroatoms. The Hall–Kier alpha value is -2.65. The molecule has 7 nitrogen and oxygen atoms in total. The zero-order valence-corrected chi connectivity index (χ0v) is 18.4. The van der Waals surface area contributed by atoms with Gasteiger partial charge in [0.25, 0.3) is 0 Å². The van der Waals surface area contributed by atoms with E-state index in [0.29, 0.717) is 17.1 Å². The van der Waals surface area contributed by atoms with Crippen LogP contribution < -0.4 is 5.32 Å². The largest absolute Gasteiger partial charge is 0.508 e. The van der Waals surface area contributed by atoms with Crippen molar-refractivity contribution >= 4 is 42.2 Å². The van der Waals surface area contributed by atoms with Crippen LogP contribution in [0.2, 0.25) is 0 Å². The Morgan fingerprint density at radius 2 is 1.81 bits per heavy atom. The van der Waals surface area contributed by atoms with Crippen LogP contribution in [0.15, 0.2) is 54.6 Å². The van der Waals surface area contributed by atoms with Gasteiger partial charge in [-0.15, -0.1) is 11.8 Å². The molecule has 3 atom stereocenters. The molecule has 0 aromatic heterocycles. The molecule has 1 fully saturated rings. The minimum absolute atomic E-state index is 0.0391. The molecule has 0 saturated carbocycles. The molecule has 3 N–H and O–H groups in total. The monoisotopic (exact) mass is 460 g/mol. The van der Waals surface area contributed by atoms with E-state index in [4.69, 9.17) is 0 Å². The van der Waals surface area contributed by atoms with Gasteiger partial charge >= 0.3 is 5.97 Å². The molecule has 164 valence electrons. The molecule has 2 amide bonds. The number of aromatic hydroxyl groups is 1. The van der Waals surface area contributed by atoms with Gasteiger partial charge in [-0.1, -0.05) is 48.5 Å². The first-order valence-corrected chi connectivity index (χ1v) is 11.5. The highest BCUT2D eigenvalue weighted by Crippen LogP contribution is 2.44. The molecular formula is C22H24N2O5S2. The van der Waals surface area contributed by atoms with Crippen molar-refractivity contribution in [3.05, 3.63) is 65.7 Å². The van der Waals surface area contributed by atoms with Crippen molar-refractivity contribution in [1.29, 1.82) is 0 Å². The average molecular weight is 461 g/mol. The van der Waals surface area contributed by atoms with Gasteiger partial charge < -0.3 is 20.4 Å². The maximum absolute atomic E-state index is 13.1. The Kier molecular flexibility index (Phi) is 7.86. The number of aliphatic carboxylic acids is 1. The molecule has 3 rings (SSSR count). The number of amides is 2. The zero-order valence-electron chi connectivity index (χ0n) is 16.7. The second kappa shape index (κ2) is 10.6. The smallest absolute Gasteiger partial charge is 0.326 e. The van der Waals surface area contributed by atoms with Gasteiger partial charge in [-0.3, -0.25) is 9.59 Å². The van der Waals surface area contributed by atoms with Crippen molar-refractivity contribution in [3.63, 3.8) is 0 Å². The van der Waals surface area contributed by atoms with E-state index >= 15 is 0 Å². The molecule has 1 heterocycles. The van der Waals surface area contributed by atoms with Gasteiger partial charge in [0, 0.05) is 24.2 Å². The van der Waals surface area contributed by atoms with E-state index in [1.165, 1.54) is 22.7 Å². The number of hydrogen-bond acceptors (Lipinski definition) is 6. The number of benzene rings is 2. The first-order chi connectivity index (χ1) is 14.9. The summed E-state index contributed by atoms with van der Waals surface area (Å²) in [6.45, 7) is 0. The summed E-state index contributed by atoms with van der Waals surface area (Å²) in [5.41, 5.74) is 1.32. The van der Waals surface area contributed by atoms with Gasteiger partial charge in [0.15, 0.2) is 0 Å². The second-order valence-electron chi connectivity index (χ2n) is 7.12. The van der Waals surface area contributed by atoms with E-state index in [0.717, 1.165) is 5.56 Å². The molecule has 0 bridgehead atoms. The third kappa shape index (κ3) is 5.54. The third-order valence-electron chi connectivity index (χ3n) is 5.02. The molecule has 0 unspecified atom stereocenters. The molecule has 1 aliphatic heterocycles. The highest BCUT2D eigenvalue weighted by molar-refractivity contribution is 7.99. The van der Waals surface area contributed by atoms with Crippen LogP contribution in [0.1, 0.15) is 22.9 Å². The van der Waals surface area contributed by atoms with E-state index in [1.807, 2.05) is 6.07 Å². The van der Waals surface area contributed by atoms with Crippen LogP contribution in [0.3, 0.4) is 0 Å². The minimum Gasteiger partial charge on any atom is -0.508 e. The fourth-order valence-corrected chi connectivity index (χ4v) is 5.16. The predicted molar refractivity (Wildman–Crippen MR) is 122 cm³/mol. The molecule has 2 aromatic rings. The maximum Gasteiger partial charge on any atom is 0.326 e. The van der Waals surface area contributed by atoms with Crippen molar-refractivity contribution in [3.8, 4) is 5.75 Å². The predicted octanol–water partition coefficient (Wildman–Crippen LogP) is 2.47. The van der Waals surface area contributed by atoms with Crippen LogP contribution in [0.5, 0.6) is 5.75 Å². The standard InChI is InChI=1S/C22H24N2O5S2/c25-18-9-5-4-8-15(18)21-24(19(26)10-11-30)17(13-31-21)20(27)23-16(22(28)29)12-14-6-2-1-3-7-14/h1-9,16-17,21,25,30H,10-13H2,(H,23,27)(H,28,29)/t16-,17-,21+/m0/s1. The lowest BCUT2D eigenvalue weighted by molar-refractivity contribution is -0.144. The minimum atomic E-state index is -1.15. The summed E-state index contributed by atoms with van der Waals surface area (Å²) in [5.74, 6) is -1.30. The average Bonchev–Trinajstić information content (AvgIpc) is 3.19. The Morgan fingerprint density at radius 3 is 2.45 bits per heavy atom. The molecule has 2 aromatic carbocycles. The summed E-state index contributed by atoms with van der Waals surface area (Å²) >= 11 is 5.49. The normalized spacial score (nSPS) is 19.1. The molecule has 0 spiro atoms. The molecule has 1 aliphatic rings. The van der Waals surface area contributed by atoms with Crippen LogP contribution in [0.25, 0.3) is 0 Å². The van der Waals surface area contributed by atoms with Crippen molar-refractivity contribution in [2.24, 2.45) is 0 Å². The topological polar surface area (TPSA) is 107 Å². The van der Waals surface area contributed by atoms with Crippen LogP contribution in [0, 0.1) is 0 Å². The fourth-order valence-electron chi connectivity index (χ4n) is 3.49. The Bertz CT molecular complexity index is 941. The molecule has 31 heavy (non-hydrogen) atoms. The number of phenols is 1. The third-order valence-corrected chi connectivity index (χ3v) is 6.55. The number of hydrogen-bond donors (Lipinski definition) is 4. The first kappa shape index (κ1) is 23.0. The van der Waals surface area contributed by atoms with E-state index < -0.39 is 29.3 Å².